The second kappa shape index (κ2) is 9.59. The number of anilines is 1. The molecule has 0 atom stereocenters. The third-order valence-electron chi connectivity index (χ3n) is 5.08. The van der Waals surface area contributed by atoms with Crippen LogP contribution in [0.3, 0.4) is 0 Å². The highest BCUT2D eigenvalue weighted by molar-refractivity contribution is 6.29. The number of aromatic nitrogens is 2. The van der Waals surface area contributed by atoms with Crippen molar-refractivity contribution < 1.29 is 14.3 Å². The Balaban J connectivity index is 1.31. The van der Waals surface area contributed by atoms with Gasteiger partial charge in [0.05, 0.1) is 5.92 Å². The molecule has 6 nitrogen and oxygen atoms in total. The minimum absolute atomic E-state index is 0.122. The van der Waals surface area contributed by atoms with Gasteiger partial charge in [-0.3, -0.25) is 4.79 Å². The Morgan fingerprint density at radius 3 is 2.43 bits per heavy atom. The smallest absolute Gasteiger partial charge is 0.309 e. The van der Waals surface area contributed by atoms with Gasteiger partial charge in [-0.2, -0.15) is 0 Å². The van der Waals surface area contributed by atoms with Gasteiger partial charge in [-0.1, -0.05) is 48.0 Å². The van der Waals surface area contributed by atoms with E-state index in [1.54, 1.807) is 6.07 Å². The molecule has 0 saturated carbocycles. The molecule has 1 aliphatic heterocycles. The summed E-state index contributed by atoms with van der Waals surface area (Å²) in [5, 5.41) is 8.35. The molecule has 0 aliphatic carbocycles. The summed E-state index contributed by atoms with van der Waals surface area (Å²) in [6.07, 6.45) is 1.43. The first-order valence-electron chi connectivity index (χ1n) is 9.90. The van der Waals surface area contributed by atoms with Crippen LogP contribution in [0.4, 0.5) is 5.82 Å². The van der Waals surface area contributed by atoms with E-state index < -0.39 is 0 Å². The van der Waals surface area contributed by atoms with Crippen molar-refractivity contribution in [2.45, 2.75) is 19.4 Å². The van der Waals surface area contributed by atoms with Gasteiger partial charge in [-0.05, 0) is 43.2 Å². The van der Waals surface area contributed by atoms with E-state index in [2.05, 4.69) is 15.1 Å². The number of piperidine rings is 1. The first kappa shape index (κ1) is 20.2. The number of halogens is 1. The average molecular weight is 424 g/mol. The zero-order valence-corrected chi connectivity index (χ0v) is 17.2. The van der Waals surface area contributed by atoms with Crippen molar-refractivity contribution in [3.05, 3.63) is 77.4 Å². The van der Waals surface area contributed by atoms with E-state index in [0.29, 0.717) is 23.7 Å². The second-order valence-corrected chi connectivity index (χ2v) is 7.49. The van der Waals surface area contributed by atoms with Crippen LogP contribution >= 0.6 is 11.6 Å². The van der Waals surface area contributed by atoms with Crippen molar-refractivity contribution in [3.8, 4) is 11.5 Å². The van der Waals surface area contributed by atoms with E-state index in [4.69, 9.17) is 21.1 Å². The molecule has 1 aliphatic rings. The van der Waals surface area contributed by atoms with Crippen LogP contribution in [0, 0.1) is 5.92 Å². The number of ether oxygens (including phenoxy) is 2. The highest BCUT2D eigenvalue weighted by Gasteiger charge is 2.27. The molecule has 1 saturated heterocycles. The maximum absolute atomic E-state index is 12.6. The summed E-state index contributed by atoms with van der Waals surface area (Å²) in [7, 11) is 0. The fourth-order valence-electron chi connectivity index (χ4n) is 3.43. The number of carbonyl (C=O) groups excluding carboxylic acids is 1. The molecule has 0 bridgehead atoms. The zero-order valence-electron chi connectivity index (χ0n) is 16.4. The number of hydrogen-bond acceptors (Lipinski definition) is 6. The van der Waals surface area contributed by atoms with Gasteiger partial charge in [0.15, 0.2) is 11.0 Å². The third kappa shape index (κ3) is 5.07. The molecule has 4 rings (SSSR count). The Morgan fingerprint density at radius 2 is 1.70 bits per heavy atom. The Labute approximate surface area is 180 Å². The Kier molecular flexibility index (Phi) is 6.44. The number of rotatable bonds is 6. The summed E-state index contributed by atoms with van der Waals surface area (Å²) in [6, 6.07) is 20.7. The minimum Gasteiger partial charge on any atom is -0.460 e. The monoisotopic (exact) mass is 423 g/mol. The van der Waals surface area contributed by atoms with Crippen LogP contribution < -0.4 is 9.64 Å². The van der Waals surface area contributed by atoms with Crippen molar-refractivity contribution in [2.75, 3.05) is 18.0 Å². The SMILES string of the molecule is O=C(OCc1ccccc1Oc1ccccc1)C1CCN(c2ccc(Cl)nn2)CC1. The molecule has 0 radical (unpaired) electrons. The summed E-state index contributed by atoms with van der Waals surface area (Å²) in [5.41, 5.74) is 0.837. The fourth-order valence-corrected chi connectivity index (χ4v) is 3.53. The van der Waals surface area contributed by atoms with Crippen molar-refractivity contribution in [1.29, 1.82) is 0 Å². The van der Waals surface area contributed by atoms with Gasteiger partial charge in [-0.15, -0.1) is 10.2 Å². The largest absolute Gasteiger partial charge is 0.460 e. The highest BCUT2D eigenvalue weighted by Crippen LogP contribution is 2.27. The molecule has 7 heteroatoms. The van der Waals surface area contributed by atoms with E-state index in [1.165, 1.54) is 0 Å². The van der Waals surface area contributed by atoms with Gasteiger partial charge < -0.3 is 14.4 Å². The molecular formula is C23H22ClN3O3. The Morgan fingerprint density at radius 1 is 0.967 bits per heavy atom. The minimum atomic E-state index is -0.175. The van der Waals surface area contributed by atoms with E-state index in [0.717, 1.165) is 30.2 Å². The predicted molar refractivity (Wildman–Crippen MR) is 115 cm³/mol. The molecule has 1 aromatic heterocycles. The first-order valence-corrected chi connectivity index (χ1v) is 10.3. The van der Waals surface area contributed by atoms with Crippen molar-refractivity contribution in [3.63, 3.8) is 0 Å². The highest BCUT2D eigenvalue weighted by atomic mass is 35.5. The molecule has 3 aromatic rings. The van der Waals surface area contributed by atoms with Crippen LogP contribution in [0.25, 0.3) is 0 Å². The fraction of sp³-hybridized carbons (Fsp3) is 0.261. The maximum Gasteiger partial charge on any atom is 0.309 e. The van der Waals surface area contributed by atoms with Crippen LogP contribution in [0.1, 0.15) is 18.4 Å². The van der Waals surface area contributed by atoms with Gasteiger partial charge >= 0.3 is 5.97 Å². The van der Waals surface area contributed by atoms with E-state index >= 15 is 0 Å². The van der Waals surface area contributed by atoms with E-state index in [-0.39, 0.29) is 18.5 Å². The molecule has 154 valence electrons. The van der Waals surface area contributed by atoms with Crippen molar-refractivity contribution in [2.24, 2.45) is 5.92 Å². The van der Waals surface area contributed by atoms with E-state index in [1.807, 2.05) is 60.7 Å². The number of esters is 1. The van der Waals surface area contributed by atoms with Gasteiger partial charge in [0.25, 0.3) is 0 Å². The van der Waals surface area contributed by atoms with Crippen LogP contribution in [-0.4, -0.2) is 29.3 Å². The molecule has 1 fully saturated rings. The summed E-state index contributed by atoms with van der Waals surface area (Å²) in [6.45, 7) is 1.64. The molecule has 0 N–H and O–H groups in total. The number of nitrogens with zero attached hydrogens (tertiary/aromatic N) is 3. The van der Waals surface area contributed by atoms with Crippen molar-refractivity contribution >= 4 is 23.4 Å². The maximum atomic E-state index is 12.6. The number of benzene rings is 2. The quantitative estimate of drug-likeness (QED) is 0.526. The van der Waals surface area contributed by atoms with E-state index in [9.17, 15) is 4.79 Å². The average Bonchev–Trinajstić information content (AvgIpc) is 2.80. The lowest BCUT2D eigenvalue weighted by Crippen LogP contribution is -2.37. The zero-order chi connectivity index (χ0) is 20.8. The lowest BCUT2D eigenvalue weighted by molar-refractivity contribution is -0.150. The molecular weight excluding hydrogens is 402 g/mol. The summed E-state index contributed by atoms with van der Waals surface area (Å²) in [5.74, 6) is 1.91. The summed E-state index contributed by atoms with van der Waals surface area (Å²) < 4.78 is 11.6. The van der Waals surface area contributed by atoms with Crippen LogP contribution in [-0.2, 0) is 16.1 Å². The molecule has 0 amide bonds. The molecule has 2 aromatic carbocycles. The van der Waals surface area contributed by atoms with Crippen molar-refractivity contribution in [1.82, 2.24) is 10.2 Å². The van der Waals surface area contributed by atoms with Gasteiger partial charge in [0.2, 0.25) is 0 Å². The van der Waals surface area contributed by atoms with Gasteiger partial charge in [0.1, 0.15) is 18.1 Å². The third-order valence-corrected chi connectivity index (χ3v) is 5.29. The number of hydrogen-bond donors (Lipinski definition) is 0. The molecule has 2 heterocycles. The van der Waals surface area contributed by atoms with Crippen LogP contribution in [0.5, 0.6) is 11.5 Å². The van der Waals surface area contributed by atoms with Gasteiger partial charge in [0, 0.05) is 18.7 Å². The summed E-state index contributed by atoms with van der Waals surface area (Å²) in [4.78, 5) is 14.7. The molecule has 0 unspecified atom stereocenters. The number of para-hydroxylation sites is 2. The lowest BCUT2D eigenvalue weighted by atomic mass is 9.97. The Bertz CT molecular complexity index is 974. The molecule has 0 spiro atoms. The predicted octanol–water partition coefficient (Wildman–Crippen LogP) is 4.88. The second-order valence-electron chi connectivity index (χ2n) is 7.11. The normalized spacial score (nSPS) is 14.4. The van der Waals surface area contributed by atoms with Gasteiger partial charge in [-0.25, -0.2) is 0 Å². The Hall–Kier alpha value is -3.12. The summed E-state index contributed by atoms with van der Waals surface area (Å²) >= 11 is 5.79. The first-order chi connectivity index (χ1) is 14.7. The molecule has 30 heavy (non-hydrogen) atoms. The standard InChI is InChI=1S/C23H22ClN3O3/c24-21-10-11-22(26-25-21)27-14-12-17(13-15-27)23(28)29-16-18-6-4-5-9-20(18)30-19-7-2-1-3-8-19/h1-11,17H,12-16H2. The van der Waals surface area contributed by atoms with Crippen LogP contribution in [0.2, 0.25) is 5.15 Å². The topological polar surface area (TPSA) is 64.6 Å². The van der Waals surface area contributed by atoms with Crippen LogP contribution in [0.15, 0.2) is 66.7 Å². The number of carbonyl (C=O) groups is 1. The lowest BCUT2D eigenvalue weighted by Gasteiger charge is -2.31.